The minimum atomic E-state index is -0.715. The second kappa shape index (κ2) is 9.26. The summed E-state index contributed by atoms with van der Waals surface area (Å²) >= 11 is 0. The number of carbonyl (C=O) groups excluding carboxylic acids is 2. The number of piperidine rings is 1. The molecule has 5 rings (SSSR count). The van der Waals surface area contributed by atoms with Crippen LogP contribution in [-0.2, 0) is 21.5 Å². The zero-order valence-electron chi connectivity index (χ0n) is 21.0. The molecule has 1 spiro atoms. The first kappa shape index (κ1) is 23.8. The molecule has 2 aliphatic heterocycles. The summed E-state index contributed by atoms with van der Waals surface area (Å²) in [7, 11) is 0. The summed E-state index contributed by atoms with van der Waals surface area (Å²) in [6, 6.07) is 27.4. The molecule has 0 aliphatic carbocycles. The van der Waals surface area contributed by atoms with Crippen molar-refractivity contribution in [3.05, 3.63) is 96.1 Å². The SMILES string of the molecule is CC(C)(C)OC(=O)N1C(=Nc2ccccc2)C2(CCN(Cc3ccccc3)C(=O)C2)c2ccccc21. The largest absolute Gasteiger partial charge is 0.443 e. The Morgan fingerprint density at radius 2 is 1.58 bits per heavy atom. The first-order valence-corrected chi connectivity index (χ1v) is 12.4. The zero-order valence-corrected chi connectivity index (χ0v) is 21.0. The van der Waals surface area contributed by atoms with Gasteiger partial charge in [0.1, 0.15) is 11.4 Å². The highest BCUT2D eigenvalue weighted by molar-refractivity contribution is 6.25. The first-order valence-electron chi connectivity index (χ1n) is 12.4. The molecule has 184 valence electrons. The van der Waals surface area contributed by atoms with Crippen LogP contribution in [-0.4, -0.2) is 34.9 Å². The van der Waals surface area contributed by atoms with Gasteiger partial charge in [-0.15, -0.1) is 0 Å². The summed E-state index contributed by atoms with van der Waals surface area (Å²) in [6.07, 6.45) is 0.413. The van der Waals surface area contributed by atoms with Crippen molar-refractivity contribution in [3.63, 3.8) is 0 Å². The molecular formula is C30H31N3O3. The van der Waals surface area contributed by atoms with Crippen LogP contribution in [0.4, 0.5) is 16.2 Å². The lowest BCUT2D eigenvalue weighted by Crippen LogP contribution is -2.52. The summed E-state index contributed by atoms with van der Waals surface area (Å²) < 4.78 is 5.82. The van der Waals surface area contributed by atoms with Gasteiger partial charge in [-0.3, -0.25) is 4.79 Å². The predicted molar refractivity (Wildman–Crippen MR) is 141 cm³/mol. The third-order valence-electron chi connectivity index (χ3n) is 6.70. The Hall–Kier alpha value is -3.93. The van der Waals surface area contributed by atoms with Crippen molar-refractivity contribution < 1.29 is 14.3 Å². The van der Waals surface area contributed by atoms with Crippen LogP contribution in [0, 0.1) is 0 Å². The van der Waals surface area contributed by atoms with Gasteiger partial charge in [0.2, 0.25) is 5.91 Å². The fraction of sp³-hybridized carbons (Fsp3) is 0.300. The lowest BCUT2D eigenvalue weighted by molar-refractivity contribution is -0.135. The Balaban J connectivity index is 1.58. The Kier molecular flexibility index (Phi) is 6.12. The van der Waals surface area contributed by atoms with Gasteiger partial charge in [-0.05, 0) is 56.5 Å². The van der Waals surface area contributed by atoms with E-state index in [0.29, 0.717) is 25.3 Å². The molecule has 6 nitrogen and oxygen atoms in total. The zero-order chi connectivity index (χ0) is 25.3. The molecule has 3 aromatic rings. The fourth-order valence-electron chi connectivity index (χ4n) is 5.10. The van der Waals surface area contributed by atoms with Gasteiger partial charge < -0.3 is 9.64 Å². The minimum Gasteiger partial charge on any atom is -0.443 e. The number of amidine groups is 1. The molecule has 36 heavy (non-hydrogen) atoms. The number of fused-ring (bicyclic) bond motifs is 2. The van der Waals surface area contributed by atoms with Crippen LogP contribution >= 0.6 is 0 Å². The average Bonchev–Trinajstić information content (AvgIpc) is 3.10. The summed E-state index contributed by atoms with van der Waals surface area (Å²) in [5.41, 5.74) is 2.11. The Morgan fingerprint density at radius 3 is 2.25 bits per heavy atom. The van der Waals surface area contributed by atoms with Gasteiger partial charge in [0.25, 0.3) is 0 Å². The third-order valence-corrected chi connectivity index (χ3v) is 6.70. The van der Waals surface area contributed by atoms with Gasteiger partial charge in [-0.1, -0.05) is 66.7 Å². The highest BCUT2D eigenvalue weighted by atomic mass is 16.6. The van der Waals surface area contributed by atoms with E-state index in [1.165, 1.54) is 0 Å². The second-order valence-electron chi connectivity index (χ2n) is 10.4. The van der Waals surface area contributed by atoms with Gasteiger partial charge >= 0.3 is 6.09 Å². The van der Waals surface area contributed by atoms with Crippen LogP contribution in [0.1, 0.15) is 44.7 Å². The molecule has 1 fully saturated rings. The van der Waals surface area contributed by atoms with Crippen LogP contribution < -0.4 is 4.90 Å². The summed E-state index contributed by atoms with van der Waals surface area (Å²) in [4.78, 5) is 35.7. The monoisotopic (exact) mass is 481 g/mol. The summed E-state index contributed by atoms with van der Waals surface area (Å²) in [5, 5.41) is 0. The average molecular weight is 482 g/mol. The topological polar surface area (TPSA) is 62.2 Å². The van der Waals surface area contributed by atoms with Crippen LogP contribution in [0.15, 0.2) is 89.9 Å². The van der Waals surface area contributed by atoms with Gasteiger partial charge in [-0.2, -0.15) is 0 Å². The number of amides is 2. The first-order chi connectivity index (χ1) is 17.3. The van der Waals surface area contributed by atoms with Gasteiger partial charge in [0, 0.05) is 19.5 Å². The van der Waals surface area contributed by atoms with E-state index in [4.69, 9.17) is 9.73 Å². The van der Waals surface area contributed by atoms with Gasteiger partial charge in [0.15, 0.2) is 0 Å². The molecule has 2 amide bonds. The standard InChI is InChI=1S/C30H31N3O3/c1-29(2,3)36-28(35)33-25-17-11-10-16-24(25)30(27(33)31-23-14-8-5-9-15-23)18-19-32(26(34)20-30)21-22-12-6-4-7-13-22/h4-17H,18-21H2,1-3H3. The maximum Gasteiger partial charge on any atom is 0.420 e. The smallest absolute Gasteiger partial charge is 0.420 e. The normalized spacial score (nSPS) is 20.6. The molecule has 0 saturated carbocycles. The van der Waals surface area contributed by atoms with E-state index in [2.05, 4.69) is 0 Å². The highest BCUT2D eigenvalue weighted by Crippen LogP contribution is 2.50. The maximum absolute atomic E-state index is 13.6. The van der Waals surface area contributed by atoms with Crippen LogP contribution in [0.2, 0.25) is 0 Å². The van der Waals surface area contributed by atoms with E-state index < -0.39 is 17.1 Å². The number of carbonyl (C=O) groups is 2. The van der Waals surface area contributed by atoms with Gasteiger partial charge in [-0.25, -0.2) is 14.7 Å². The number of ether oxygens (including phenoxy) is 1. The van der Waals surface area contributed by atoms with Gasteiger partial charge in [0.05, 0.1) is 16.8 Å². The van der Waals surface area contributed by atoms with Crippen LogP contribution in [0.25, 0.3) is 0 Å². The number of aliphatic imine (C=N–C) groups is 1. The van der Waals surface area contributed by atoms with E-state index >= 15 is 0 Å². The number of hydrogen-bond donors (Lipinski definition) is 0. The Morgan fingerprint density at radius 1 is 0.944 bits per heavy atom. The van der Waals surface area contributed by atoms with Crippen LogP contribution in [0.5, 0.6) is 0 Å². The molecule has 2 heterocycles. The number of benzene rings is 3. The molecule has 1 atom stereocenters. The Labute approximate surface area is 212 Å². The van der Waals surface area contributed by atoms with Crippen molar-refractivity contribution in [2.24, 2.45) is 4.99 Å². The molecule has 1 saturated heterocycles. The molecular weight excluding hydrogens is 450 g/mol. The molecule has 0 radical (unpaired) electrons. The number of hydrogen-bond acceptors (Lipinski definition) is 4. The molecule has 1 unspecified atom stereocenters. The minimum absolute atomic E-state index is 0.0479. The highest BCUT2D eigenvalue weighted by Gasteiger charge is 2.54. The summed E-state index contributed by atoms with van der Waals surface area (Å²) in [6.45, 7) is 6.68. The van der Waals surface area contributed by atoms with E-state index in [1.807, 2.05) is 111 Å². The maximum atomic E-state index is 13.6. The van der Waals surface area contributed by atoms with Crippen molar-refractivity contribution in [1.82, 2.24) is 4.90 Å². The number of nitrogens with zero attached hydrogens (tertiary/aromatic N) is 3. The van der Waals surface area contributed by atoms with Crippen molar-refractivity contribution in [1.29, 1.82) is 0 Å². The molecule has 0 aromatic heterocycles. The summed E-state index contributed by atoms with van der Waals surface area (Å²) in [5.74, 6) is 0.601. The van der Waals surface area contributed by atoms with Crippen molar-refractivity contribution in [3.8, 4) is 0 Å². The van der Waals surface area contributed by atoms with E-state index in [9.17, 15) is 9.59 Å². The predicted octanol–water partition coefficient (Wildman–Crippen LogP) is 6.23. The van der Waals surface area contributed by atoms with Crippen LogP contribution in [0.3, 0.4) is 0 Å². The van der Waals surface area contributed by atoms with Crippen molar-refractivity contribution >= 4 is 29.2 Å². The number of anilines is 1. The Bertz CT molecular complexity index is 1300. The molecule has 3 aromatic carbocycles. The van der Waals surface area contributed by atoms with Crippen molar-refractivity contribution in [2.45, 2.75) is 51.2 Å². The quantitative estimate of drug-likeness (QED) is 0.445. The third kappa shape index (κ3) is 4.51. The van der Waals surface area contributed by atoms with E-state index in [1.54, 1.807) is 4.90 Å². The number of likely N-dealkylation sites (tertiary alicyclic amines) is 1. The van der Waals surface area contributed by atoms with E-state index in [-0.39, 0.29) is 12.3 Å². The molecule has 2 aliphatic rings. The number of para-hydroxylation sites is 2. The number of rotatable bonds is 3. The van der Waals surface area contributed by atoms with E-state index in [0.717, 1.165) is 22.5 Å². The molecule has 0 bridgehead atoms. The second-order valence-corrected chi connectivity index (χ2v) is 10.4. The lowest BCUT2D eigenvalue weighted by Gasteiger charge is -2.40. The fourth-order valence-corrected chi connectivity index (χ4v) is 5.10. The molecule has 6 heteroatoms. The van der Waals surface area contributed by atoms with Crippen molar-refractivity contribution in [2.75, 3.05) is 11.4 Å². The molecule has 0 N–H and O–H groups in total. The lowest BCUT2D eigenvalue weighted by atomic mass is 9.73.